The van der Waals surface area contributed by atoms with Crippen molar-refractivity contribution in [2.75, 3.05) is 16.8 Å². The molecule has 6 nitrogen and oxygen atoms in total. The molecule has 240 valence electrons. The lowest BCUT2D eigenvalue weighted by Crippen LogP contribution is -2.30. The summed E-state index contributed by atoms with van der Waals surface area (Å²) in [5.74, 6) is -0.975. The summed E-state index contributed by atoms with van der Waals surface area (Å²) < 4.78 is 6.20. The van der Waals surface area contributed by atoms with E-state index in [1.54, 1.807) is 6.07 Å². The van der Waals surface area contributed by atoms with Gasteiger partial charge in [0.25, 0.3) is 11.8 Å². The van der Waals surface area contributed by atoms with Crippen LogP contribution in [-0.2, 0) is 15.6 Å². The quantitative estimate of drug-likeness (QED) is 0.0929. The van der Waals surface area contributed by atoms with Gasteiger partial charge in [-0.3, -0.25) is 14.4 Å². The number of hydrogen-bond acceptors (Lipinski definition) is 4. The predicted molar refractivity (Wildman–Crippen MR) is 186 cm³/mol. The number of rotatable bonds is 11. The molecule has 1 N–H and O–H groups in total. The Balaban J connectivity index is 1.44. The molecule has 0 aromatic heterocycles. The molecule has 0 fully saturated rings. The van der Waals surface area contributed by atoms with E-state index in [9.17, 15) is 14.4 Å². The zero-order chi connectivity index (χ0) is 33.4. The first-order valence-electron chi connectivity index (χ1n) is 14.7. The molecule has 3 aromatic carbocycles. The van der Waals surface area contributed by atoms with Crippen molar-refractivity contribution in [2.45, 2.75) is 78.1 Å². The number of carbonyl (C=O) groups excluding carboxylic acids is 3. The second-order valence-electron chi connectivity index (χ2n) is 12.3. The maximum atomic E-state index is 13.3. The Hall–Kier alpha value is -2.48. The molecule has 0 spiro atoms. The molecule has 4 rings (SSSR count). The van der Waals surface area contributed by atoms with Crippen LogP contribution < -0.4 is 15.0 Å². The lowest BCUT2D eigenvalue weighted by Gasteiger charge is -2.30. The molecule has 0 radical (unpaired) electrons. The number of fused-ring (bicyclic) bond motifs is 1. The van der Waals surface area contributed by atoms with Crippen LogP contribution in [0.25, 0.3) is 0 Å². The molecule has 3 amide bonds. The zero-order valence-electron chi connectivity index (χ0n) is 26.0. The van der Waals surface area contributed by atoms with Crippen LogP contribution in [0, 0.1) is 0 Å². The average molecular weight is 713 g/mol. The van der Waals surface area contributed by atoms with Crippen LogP contribution in [0.1, 0.15) is 99.1 Å². The zero-order valence-corrected chi connectivity index (χ0v) is 29.7. The van der Waals surface area contributed by atoms with Crippen molar-refractivity contribution in [1.29, 1.82) is 0 Å². The molecule has 1 aliphatic heterocycles. The van der Waals surface area contributed by atoms with E-state index in [1.165, 1.54) is 17.7 Å². The molecule has 0 saturated carbocycles. The van der Waals surface area contributed by atoms with Crippen molar-refractivity contribution >= 4 is 87.1 Å². The minimum absolute atomic E-state index is 0.0455. The predicted octanol–water partition coefficient (Wildman–Crippen LogP) is 10.9. The Morgan fingerprint density at radius 3 is 1.93 bits per heavy atom. The largest absolute Gasteiger partial charge is 0.493 e. The Labute approximate surface area is 289 Å². The van der Waals surface area contributed by atoms with E-state index in [-0.39, 0.29) is 65.1 Å². The summed E-state index contributed by atoms with van der Waals surface area (Å²) in [6.07, 6.45) is 2.62. The molecule has 0 bridgehead atoms. The number of nitrogens with one attached hydrogen (secondary N) is 1. The fraction of sp³-hybridized carbons (Fsp3) is 0.382. The highest BCUT2D eigenvalue weighted by molar-refractivity contribution is 6.56. The lowest BCUT2D eigenvalue weighted by molar-refractivity contribution is -0.116. The molecule has 3 aromatic rings. The molecule has 1 heterocycles. The highest BCUT2D eigenvalue weighted by atomic mass is 35.5. The van der Waals surface area contributed by atoms with E-state index in [1.807, 2.05) is 6.07 Å². The van der Waals surface area contributed by atoms with Crippen molar-refractivity contribution in [3.63, 3.8) is 0 Å². The summed E-state index contributed by atoms with van der Waals surface area (Å²) >= 11 is 31.2. The van der Waals surface area contributed by atoms with Crippen molar-refractivity contribution in [1.82, 2.24) is 0 Å². The SMILES string of the molecule is CCC(C)(C)c1ccc(OCCCC(=O)Nc2ccc(Cl)c(N3C(=O)c4c(Cl)c(Cl)c(Cl)c(Cl)c4C3=O)c2)c(C(C)(C)CC)c1. The Morgan fingerprint density at radius 1 is 0.800 bits per heavy atom. The number of amides is 3. The maximum Gasteiger partial charge on any atom is 0.267 e. The van der Waals surface area contributed by atoms with Gasteiger partial charge in [-0.1, -0.05) is 112 Å². The lowest BCUT2D eigenvalue weighted by atomic mass is 9.76. The van der Waals surface area contributed by atoms with Crippen LogP contribution in [0.15, 0.2) is 36.4 Å². The van der Waals surface area contributed by atoms with Gasteiger partial charge in [-0.25, -0.2) is 4.90 Å². The summed E-state index contributed by atoms with van der Waals surface area (Å²) in [4.78, 5) is 40.3. The third-order valence-corrected chi connectivity index (χ3v) is 10.8. The molecule has 1 aliphatic rings. The highest BCUT2D eigenvalue weighted by Crippen LogP contribution is 2.47. The van der Waals surface area contributed by atoms with E-state index in [2.05, 4.69) is 59.0 Å². The molecule has 0 aliphatic carbocycles. The van der Waals surface area contributed by atoms with Gasteiger partial charge in [0.15, 0.2) is 0 Å². The normalized spacial score (nSPS) is 13.4. The van der Waals surface area contributed by atoms with Gasteiger partial charge in [0.05, 0.1) is 48.5 Å². The van der Waals surface area contributed by atoms with Crippen LogP contribution in [0.4, 0.5) is 11.4 Å². The van der Waals surface area contributed by atoms with Crippen LogP contribution in [0.2, 0.25) is 25.1 Å². The second-order valence-corrected chi connectivity index (χ2v) is 14.2. The van der Waals surface area contributed by atoms with Gasteiger partial charge >= 0.3 is 0 Å². The average Bonchev–Trinajstić information content (AvgIpc) is 3.27. The molecular weight excluding hydrogens is 678 g/mol. The Bertz CT molecular complexity index is 1640. The van der Waals surface area contributed by atoms with Gasteiger partial charge in [0.1, 0.15) is 5.75 Å². The molecule has 0 unspecified atom stereocenters. The Morgan fingerprint density at radius 2 is 1.38 bits per heavy atom. The minimum atomic E-state index is -0.764. The fourth-order valence-corrected chi connectivity index (χ4v) is 6.18. The summed E-state index contributed by atoms with van der Waals surface area (Å²) in [6.45, 7) is 13.6. The number of imide groups is 1. The van der Waals surface area contributed by atoms with Gasteiger partial charge in [-0.05, 0) is 59.9 Å². The first-order valence-corrected chi connectivity index (χ1v) is 16.6. The van der Waals surface area contributed by atoms with Crippen molar-refractivity contribution in [3.8, 4) is 5.75 Å². The van der Waals surface area contributed by atoms with Crippen molar-refractivity contribution in [2.24, 2.45) is 0 Å². The minimum Gasteiger partial charge on any atom is -0.493 e. The van der Waals surface area contributed by atoms with Gasteiger partial charge in [0.2, 0.25) is 5.91 Å². The smallest absolute Gasteiger partial charge is 0.267 e. The van der Waals surface area contributed by atoms with Gasteiger partial charge in [-0.2, -0.15) is 0 Å². The molecule has 0 saturated heterocycles. The van der Waals surface area contributed by atoms with E-state index in [0.717, 1.165) is 29.1 Å². The van der Waals surface area contributed by atoms with E-state index in [4.69, 9.17) is 62.7 Å². The maximum absolute atomic E-state index is 13.3. The monoisotopic (exact) mass is 710 g/mol. The first-order chi connectivity index (χ1) is 21.0. The Kier molecular flexibility index (Phi) is 10.8. The summed E-state index contributed by atoms with van der Waals surface area (Å²) in [5.41, 5.74) is 2.46. The third kappa shape index (κ3) is 6.96. The van der Waals surface area contributed by atoms with Crippen molar-refractivity contribution in [3.05, 3.63) is 83.8 Å². The van der Waals surface area contributed by atoms with Crippen LogP contribution >= 0.6 is 58.0 Å². The molecule has 11 heteroatoms. The van der Waals surface area contributed by atoms with E-state index >= 15 is 0 Å². The van der Waals surface area contributed by atoms with Crippen LogP contribution in [0.3, 0.4) is 0 Å². The number of benzene rings is 3. The third-order valence-electron chi connectivity index (χ3n) is 8.64. The van der Waals surface area contributed by atoms with Crippen LogP contribution in [0.5, 0.6) is 5.75 Å². The summed E-state index contributed by atoms with van der Waals surface area (Å²) in [5, 5.41) is 2.26. The number of hydrogen-bond donors (Lipinski definition) is 1. The number of nitrogens with zero attached hydrogens (tertiary/aromatic N) is 1. The number of ether oxygens (including phenoxy) is 1. The number of carbonyl (C=O) groups is 3. The highest BCUT2D eigenvalue weighted by Gasteiger charge is 2.43. The van der Waals surface area contributed by atoms with Crippen LogP contribution in [-0.4, -0.2) is 24.3 Å². The first kappa shape index (κ1) is 35.4. The standard InChI is InChI=1S/C34H35Cl5N2O4/c1-7-33(3,4)18-11-14-23(20(16-18)34(5,6)8-2)45-15-9-10-24(42)40-19-12-13-21(35)22(17-19)41-31(43)25-26(32(41)44)28(37)30(39)29(38)27(25)36/h11-14,16-17H,7-10,15H2,1-6H3,(H,40,42). The topological polar surface area (TPSA) is 75.7 Å². The van der Waals surface area contributed by atoms with Gasteiger partial charge in [0, 0.05) is 17.7 Å². The number of anilines is 2. The van der Waals surface area contributed by atoms with Crippen molar-refractivity contribution < 1.29 is 19.1 Å². The summed E-state index contributed by atoms with van der Waals surface area (Å²) in [6, 6.07) is 10.9. The molecular formula is C34H35Cl5N2O4. The van der Waals surface area contributed by atoms with Gasteiger partial charge < -0.3 is 10.1 Å². The van der Waals surface area contributed by atoms with E-state index < -0.39 is 11.8 Å². The number of halogens is 5. The fourth-order valence-electron chi connectivity index (χ4n) is 4.97. The van der Waals surface area contributed by atoms with Gasteiger partial charge in [-0.15, -0.1) is 0 Å². The molecule has 0 atom stereocenters. The molecule has 45 heavy (non-hydrogen) atoms. The second kappa shape index (κ2) is 13.7. The summed E-state index contributed by atoms with van der Waals surface area (Å²) in [7, 11) is 0. The van der Waals surface area contributed by atoms with E-state index in [0.29, 0.717) is 18.7 Å².